The summed E-state index contributed by atoms with van der Waals surface area (Å²) in [5.74, 6) is 0.425. The van der Waals surface area contributed by atoms with Gasteiger partial charge in [0.05, 0.1) is 0 Å². The van der Waals surface area contributed by atoms with E-state index in [1.165, 1.54) is 0 Å². The lowest BCUT2D eigenvalue weighted by Gasteiger charge is -2.29. The van der Waals surface area contributed by atoms with Gasteiger partial charge in [0.15, 0.2) is 0 Å². The van der Waals surface area contributed by atoms with Crippen LogP contribution in [0.25, 0.3) is 0 Å². The Balaban J connectivity index is 2.53. The van der Waals surface area contributed by atoms with Crippen molar-refractivity contribution in [1.29, 1.82) is 0 Å². The minimum Gasteiger partial charge on any atom is -0.303 e. The van der Waals surface area contributed by atoms with Gasteiger partial charge in [-0.25, -0.2) is 4.39 Å². The van der Waals surface area contributed by atoms with Crippen LogP contribution in [-0.2, 0) is 4.79 Å². The molecule has 16 heavy (non-hydrogen) atoms. The van der Waals surface area contributed by atoms with Crippen LogP contribution in [0.1, 0.15) is 65.2 Å². The zero-order valence-corrected chi connectivity index (χ0v) is 10.7. The lowest BCUT2D eigenvalue weighted by atomic mass is 9.81. The number of alkyl halides is 1. The Labute approximate surface area is 98.8 Å². The molecule has 1 aliphatic carbocycles. The van der Waals surface area contributed by atoms with Gasteiger partial charge < -0.3 is 4.79 Å². The monoisotopic (exact) mass is 228 g/mol. The van der Waals surface area contributed by atoms with Crippen molar-refractivity contribution in [2.24, 2.45) is 11.8 Å². The molecule has 1 rings (SSSR count). The Morgan fingerprint density at radius 3 is 2.38 bits per heavy atom. The first kappa shape index (κ1) is 13.7. The van der Waals surface area contributed by atoms with Crippen molar-refractivity contribution in [3.63, 3.8) is 0 Å². The molecular weight excluding hydrogens is 203 g/mol. The Kier molecular flexibility index (Phi) is 5.43. The van der Waals surface area contributed by atoms with Gasteiger partial charge in [-0.15, -0.1) is 0 Å². The topological polar surface area (TPSA) is 17.1 Å². The molecule has 0 radical (unpaired) electrons. The molecule has 0 bridgehead atoms. The van der Waals surface area contributed by atoms with E-state index >= 15 is 0 Å². The van der Waals surface area contributed by atoms with Gasteiger partial charge in [-0.3, -0.25) is 0 Å². The molecule has 0 aromatic carbocycles. The molecule has 0 spiro atoms. The Morgan fingerprint density at radius 1 is 1.19 bits per heavy atom. The largest absolute Gasteiger partial charge is 0.303 e. The van der Waals surface area contributed by atoms with Crippen LogP contribution in [0, 0.1) is 11.8 Å². The highest BCUT2D eigenvalue weighted by molar-refractivity contribution is 5.53. The summed E-state index contributed by atoms with van der Waals surface area (Å²) in [5, 5.41) is 0. The number of rotatable bonds is 3. The first-order valence-electron chi connectivity index (χ1n) is 6.74. The van der Waals surface area contributed by atoms with Gasteiger partial charge in [0, 0.05) is 5.92 Å². The van der Waals surface area contributed by atoms with Crippen molar-refractivity contribution in [2.45, 2.75) is 70.9 Å². The lowest BCUT2D eigenvalue weighted by molar-refractivity contribution is -0.111. The van der Waals surface area contributed by atoms with E-state index in [0.717, 1.165) is 51.2 Å². The molecule has 2 heteroatoms. The predicted octanol–water partition coefficient (Wildman–Crippen LogP) is 4.30. The fraction of sp³-hybridized carbons (Fsp3) is 0.929. The molecule has 0 heterocycles. The van der Waals surface area contributed by atoms with E-state index in [-0.39, 0.29) is 11.8 Å². The molecule has 0 amide bonds. The average Bonchev–Trinajstić information content (AvgIpc) is 2.40. The highest BCUT2D eigenvalue weighted by atomic mass is 19.1. The number of hydrogen-bond acceptors (Lipinski definition) is 1. The molecule has 3 unspecified atom stereocenters. The van der Waals surface area contributed by atoms with E-state index in [0.29, 0.717) is 6.42 Å². The fourth-order valence-corrected chi connectivity index (χ4v) is 2.74. The van der Waals surface area contributed by atoms with Crippen LogP contribution in [0.5, 0.6) is 0 Å². The third kappa shape index (κ3) is 3.88. The van der Waals surface area contributed by atoms with Crippen LogP contribution in [-0.4, -0.2) is 12.0 Å². The van der Waals surface area contributed by atoms with Crippen molar-refractivity contribution < 1.29 is 9.18 Å². The molecule has 0 aromatic rings. The second-order valence-corrected chi connectivity index (χ2v) is 5.44. The minimum absolute atomic E-state index is 0.197. The van der Waals surface area contributed by atoms with Crippen LogP contribution in [0.4, 0.5) is 4.39 Å². The summed E-state index contributed by atoms with van der Waals surface area (Å²) in [6.07, 6.45) is 8.77. The van der Waals surface area contributed by atoms with E-state index in [1.54, 1.807) is 6.92 Å². The summed E-state index contributed by atoms with van der Waals surface area (Å²) in [5.41, 5.74) is -1.01. The molecule has 94 valence electrons. The summed E-state index contributed by atoms with van der Waals surface area (Å²) in [4.78, 5) is 10.8. The van der Waals surface area contributed by atoms with Crippen molar-refractivity contribution in [3.05, 3.63) is 0 Å². The Bertz CT molecular complexity index is 213. The first-order valence-corrected chi connectivity index (χ1v) is 6.74. The van der Waals surface area contributed by atoms with Gasteiger partial charge >= 0.3 is 0 Å². The Hall–Kier alpha value is -0.400. The van der Waals surface area contributed by atoms with E-state index in [1.807, 2.05) is 6.92 Å². The molecule has 1 fully saturated rings. The van der Waals surface area contributed by atoms with E-state index in [4.69, 9.17) is 0 Å². The normalized spacial score (nSPS) is 31.9. The van der Waals surface area contributed by atoms with Gasteiger partial charge in [0.25, 0.3) is 0 Å². The molecule has 1 aliphatic rings. The van der Waals surface area contributed by atoms with Crippen molar-refractivity contribution in [3.8, 4) is 0 Å². The molecule has 1 saturated carbocycles. The molecule has 1 nitrogen and oxygen atoms in total. The van der Waals surface area contributed by atoms with Gasteiger partial charge in [0.2, 0.25) is 0 Å². The quantitative estimate of drug-likeness (QED) is 0.658. The van der Waals surface area contributed by atoms with Crippen LogP contribution >= 0.6 is 0 Å². The molecule has 0 saturated heterocycles. The van der Waals surface area contributed by atoms with Crippen molar-refractivity contribution >= 4 is 6.29 Å². The highest BCUT2D eigenvalue weighted by Crippen LogP contribution is 2.35. The second-order valence-electron chi connectivity index (χ2n) is 5.44. The number of carbonyl (C=O) groups excluding carboxylic acids is 1. The van der Waals surface area contributed by atoms with E-state index in [9.17, 15) is 9.18 Å². The maximum Gasteiger partial charge on any atom is 0.123 e. The number of hydrogen-bond donors (Lipinski definition) is 0. The zero-order chi connectivity index (χ0) is 12.0. The maximum absolute atomic E-state index is 14.3. The Morgan fingerprint density at radius 2 is 1.75 bits per heavy atom. The van der Waals surface area contributed by atoms with Crippen LogP contribution in [0.2, 0.25) is 0 Å². The maximum atomic E-state index is 14.3. The zero-order valence-electron chi connectivity index (χ0n) is 10.7. The smallest absolute Gasteiger partial charge is 0.123 e. The molecule has 0 aromatic heterocycles. The van der Waals surface area contributed by atoms with Crippen LogP contribution in [0.15, 0.2) is 0 Å². The van der Waals surface area contributed by atoms with Gasteiger partial charge in [-0.1, -0.05) is 26.2 Å². The fourth-order valence-electron chi connectivity index (χ4n) is 2.74. The van der Waals surface area contributed by atoms with Crippen LogP contribution < -0.4 is 0 Å². The van der Waals surface area contributed by atoms with Crippen molar-refractivity contribution in [2.75, 3.05) is 0 Å². The van der Waals surface area contributed by atoms with Gasteiger partial charge in [-0.2, -0.15) is 0 Å². The predicted molar refractivity (Wildman–Crippen MR) is 65.2 cm³/mol. The second kappa shape index (κ2) is 6.36. The third-order valence-electron chi connectivity index (χ3n) is 4.24. The molecule has 0 N–H and O–H groups in total. The molecule has 3 atom stereocenters. The lowest BCUT2D eigenvalue weighted by Crippen LogP contribution is -2.28. The summed E-state index contributed by atoms with van der Waals surface area (Å²) < 4.78 is 14.3. The average molecular weight is 228 g/mol. The van der Waals surface area contributed by atoms with Gasteiger partial charge in [0.1, 0.15) is 12.0 Å². The van der Waals surface area contributed by atoms with E-state index < -0.39 is 5.67 Å². The number of aldehydes is 1. The number of halogens is 1. The van der Waals surface area contributed by atoms with E-state index in [2.05, 4.69) is 0 Å². The summed E-state index contributed by atoms with van der Waals surface area (Å²) in [7, 11) is 0. The molecule has 0 aliphatic heterocycles. The standard InChI is InChI=1S/C14H25FO/c1-3-14(2,15)13-9-5-4-7-12(11-16)8-6-10-13/h11-13H,3-10H2,1-2H3. The van der Waals surface area contributed by atoms with Gasteiger partial charge in [-0.05, 0) is 44.9 Å². The minimum atomic E-state index is -1.01. The van der Waals surface area contributed by atoms with Crippen LogP contribution in [0.3, 0.4) is 0 Å². The highest BCUT2D eigenvalue weighted by Gasteiger charge is 2.32. The number of carbonyl (C=O) groups is 1. The first-order chi connectivity index (χ1) is 7.60. The summed E-state index contributed by atoms with van der Waals surface area (Å²) in [6, 6.07) is 0. The summed E-state index contributed by atoms with van der Waals surface area (Å²) >= 11 is 0. The SMILES string of the molecule is CCC(C)(F)C1CCCCC(C=O)CCC1. The third-order valence-corrected chi connectivity index (χ3v) is 4.24. The van der Waals surface area contributed by atoms with Crippen molar-refractivity contribution in [1.82, 2.24) is 0 Å². The summed E-state index contributed by atoms with van der Waals surface area (Å²) in [6.45, 7) is 3.67. The molecular formula is C14H25FO.